The minimum absolute atomic E-state index is 0.261. The first-order chi connectivity index (χ1) is 10.8. The van der Waals surface area contributed by atoms with Gasteiger partial charge < -0.3 is 9.64 Å². The number of anilines is 1. The summed E-state index contributed by atoms with van der Waals surface area (Å²) in [7, 11) is 2.18. The van der Waals surface area contributed by atoms with Gasteiger partial charge in [0.05, 0.1) is 0 Å². The molecule has 0 fully saturated rings. The van der Waals surface area contributed by atoms with Crippen LogP contribution in [0.25, 0.3) is 0 Å². The molecular formula is C17H16F3NO2. The Morgan fingerprint density at radius 3 is 1.87 bits per heavy atom. The number of para-hydroxylation sites is 1. The molecule has 0 aliphatic carbocycles. The molecule has 6 heteroatoms. The van der Waals surface area contributed by atoms with Crippen molar-refractivity contribution in [2.24, 2.45) is 0 Å². The van der Waals surface area contributed by atoms with Crippen LogP contribution in [0, 0.1) is 0 Å². The largest absolute Gasteiger partial charge is 0.430 e. The zero-order chi connectivity index (χ0) is 17.1. The minimum Gasteiger partial charge on any atom is -0.356 e. The number of halogens is 3. The summed E-state index contributed by atoms with van der Waals surface area (Å²) in [6.07, 6.45) is -4.91. The molecule has 1 amide bonds. The number of carbonyl (C=O) groups excluding carboxylic acids is 1. The summed E-state index contributed by atoms with van der Waals surface area (Å²) in [5.74, 6) is -1.20. The maximum Gasteiger partial charge on any atom is 0.430 e. The number of hydrogen-bond donors (Lipinski definition) is 0. The van der Waals surface area contributed by atoms with Crippen LogP contribution < -0.4 is 4.90 Å². The van der Waals surface area contributed by atoms with Crippen LogP contribution in [0.3, 0.4) is 0 Å². The Labute approximate surface area is 132 Å². The molecule has 0 bridgehead atoms. The number of nitrogens with zero attached hydrogens (tertiary/aromatic N) is 1. The highest BCUT2D eigenvalue weighted by atomic mass is 19.4. The van der Waals surface area contributed by atoms with Crippen molar-refractivity contribution in [2.75, 3.05) is 19.1 Å². The number of ether oxygens (including phenoxy) is 1. The van der Waals surface area contributed by atoms with Crippen molar-refractivity contribution in [1.29, 1.82) is 0 Å². The van der Waals surface area contributed by atoms with Crippen molar-refractivity contribution in [3.8, 4) is 0 Å². The normalized spacial score (nSPS) is 14.1. The molecule has 122 valence electrons. The second-order valence-corrected chi connectivity index (χ2v) is 4.95. The molecule has 1 unspecified atom stereocenters. The summed E-state index contributed by atoms with van der Waals surface area (Å²) < 4.78 is 46.2. The fraction of sp³-hybridized carbons (Fsp3) is 0.235. The summed E-state index contributed by atoms with van der Waals surface area (Å²) in [5, 5.41) is 0. The van der Waals surface area contributed by atoms with Gasteiger partial charge in [-0.3, -0.25) is 4.79 Å². The number of rotatable bonds is 4. The average molecular weight is 323 g/mol. The van der Waals surface area contributed by atoms with Crippen molar-refractivity contribution >= 4 is 11.6 Å². The summed E-state index contributed by atoms with van der Waals surface area (Å²) in [6, 6.07) is 15.0. The molecule has 0 radical (unpaired) electrons. The van der Waals surface area contributed by atoms with E-state index in [-0.39, 0.29) is 5.56 Å². The van der Waals surface area contributed by atoms with Crippen LogP contribution in [0.5, 0.6) is 0 Å². The zero-order valence-electron chi connectivity index (χ0n) is 12.7. The fourth-order valence-electron chi connectivity index (χ4n) is 2.41. The summed E-state index contributed by atoms with van der Waals surface area (Å²) in [4.78, 5) is 13.7. The van der Waals surface area contributed by atoms with E-state index < -0.39 is 17.7 Å². The standard InChI is InChI=1S/C17H16F3NO2/c1-21(14-11-7-4-8-12-14)15(22)16(23-2,17(18,19)20)13-9-5-3-6-10-13/h3-12H,1-2H3. The number of likely N-dealkylation sites (N-methyl/N-ethyl adjacent to an activating group) is 1. The average Bonchev–Trinajstić information content (AvgIpc) is 2.55. The highest BCUT2D eigenvalue weighted by molar-refractivity contribution is 6.00. The van der Waals surface area contributed by atoms with E-state index in [2.05, 4.69) is 0 Å². The Bertz CT molecular complexity index is 659. The Morgan fingerprint density at radius 1 is 0.957 bits per heavy atom. The second kappa shape index (κ2) is 6.42. The lowest BCUT2D eigenvalue weighted by Gasteiger charge is -2.36. The monoisotopic (exact) mass is 323 g/mol. The van der Waals surface area contributed by atoms with Crippen molar-refractivity contribution in [3.63, 3.8) is 0 Å². The van der Waals surface area contributed by atoms with Gasteiger partial charge in [0.2, 0.25) is 0 Å². The van der Waals surface area contributed by atoms with Gasteiger partial charge in [-0.2, -0.15) is 13.2 Å². The van der Waals surface area contributed by atoms with Gasteiger partial charge in [0.25, 0.3) is 11.5 Å². The SMILES string of the molecule is COC(C(=O)N(C)c1ccccc1)(c1ccccc1)C(F)(F)F. The van der Waals surface area contributed by atoms with E-state index in [1.54, 1.807) is 36.4 Å². The zero-order valence-corrected chi connectivity index (χ0v) is 12.7. The lowest BCUT2D eigenvalue weighted by Crippen LogP contribution is -2.56. The van der Waals surface area contributed by atoms with Gasteiger partial charge >= 0.3 is 6.18 Å². The molecule has 1 atom stereocenters. The molecule has 2 aromatic rings. The van der Waals surface area contributed by atoms with Crippen molar-refractivity contribution in [1.82, 2.24) is 0 Å². The molecule has 0 saturated carbocycles. The first kappa shape index (κ1) is 17.0. The molecule has 2 rings (SSSR count). The predicted octanol–water partition coefficient (Wildman–Crippen LogP) is 3.75. The van der Waals surface area contributed by atoms with Crippen LogP contribution in [0.15, 0.2) is 60.7 Å². The molecule has 0 saturated heterocycles. The molecule has 3 nitrogen and oxygen atoms in total. The molecule has 0 N–H and O–H groups in total. The van der Waals surface area contributed by atoms with Gasteiger partial charge in [0, 0.05) is 25.4 Å². The second-order valence-electron chi connectivity index (χ2n) is 4.95. The van der Waals surface area contributed by atoms with Gasteiger partial charge in [-0.15, -0.1) is 0 Å². The van der Waals surface area contributed by atoms with E-state index in [0.29, 0.717) is 5.69 Å². The molecule has 0 aliphatic heterocycles. The van der Waals surface area contributed by atoms with Crippen LogP contribution in [-0.2, 0) is 15.1 Å². The smallest absolute Gasteiger partial charge is 0.356 e. The highest BCUT2D eigenvalue weighted by Gasteiger charge is 2.63. The molecule has 0 heterocycles. The number of hydrogen-bond acceptors (Lipinski definition) is 2. The number of alkyl halides is 3. The van der Waals surface area contributed by atoms with Crippen molar-refractivity contribution in [3.05, 3.63) is 66.2 Å². The fourth-order valence-corrected chi connectivity index (χ4v) is 2.41. The van der Waals surface area contributed by atoms with E-state index in [1.807, 2.05) is 0 Å². The lowest BCUT2D eigenvalue weighted by atomic mass is 9.91. The molecule has 0 aliphatic rings. The summed E-state index contributed by atoms with van der Waals surface area (Å²) in [6.45, 7) is 0. The number of carbonyl (C=O) groups is 1. The van der Waals surface area contributed by atoms with Crippen molar-refractivity contribution in [2.45, 2.75) is 11.8 Å². The number of methoxy groups -OCH3 is 1. The van der Waals surface area contributed by atoms with Gasteiger partial charge in [-0.1, -0.05) is 48.5 Å². The molecular weight excluding hydrogens is 307 g/mol. The summed E-state index contributed by atoms with van der Waals surface area (Å²) in [5.41, 5.74) is -2.97. The maximum absolute atomic E-state index is 13.8. The van der Waals surface area contributed by atoms with Crippen LogP contribution in [0.2, 0.25) is 0 Å². The van der Waals surface area contributed by atoms with Gasteiger partial charge in [-0.05, 0) is 12.1 Å². The maximum atomic E-state index is 13.8. The Balaban J connectivity index is 2.56. The molecule has 2 aromatic carbocycles. The van der Waals surface area contributed by atoms with E-state index in [4.69, 9.17) is 4.74 Å². The topological polar surface area (TPSA) is 29.5 Å². The molecule has 23 heavy (non-hydrogen) atoms. The first-order valence-corrected chi connectivity index (χ1v) is 6.85. The Morgan fingerprint density at radius 2 is 1.43 bits per heavy atom. The van der Waals surface area contributed by atoms with Gasteiger partial charge in [0.1, 0.15) is 0 Å². The van der Waals surface area contributed by atoms with Crippen LogP contribution >= 0.6 is 0 Å². The number of amides is 1. The third kappa shape index (κ3) is 2.94. The van der Waals surface area contributed by atoms with Crippen LogP contribution in [0.1, 0.15) is 5.56 Å². The third-order valence-corrected chi connectivity index (χ3v) is 3.64. The van der Waals surface area contributed by atoms with Gasteiger partial charge in [0.15, 0.2) is 0 Å². The van der Waals surface area contributed by atoms with E-state index in [1.165, 1.54) is 31.3 Å². The lowest BCUT2D eigenvalue weighted by molar-refractivity contribution is -0.264. The predicted molar refractivity (Wildman–Crippen MR) is 81.0 cm³/mol. The Hall–Kier alpha value is -2.34. The third-order valence-electron chi connectivity index (χ3n) is 3.64. The quantitative estimate of drug-likeness (QED) is 0.857. The highest BCUT2D eigenvalue weighted by Crippen LogP contribution is 2.43. The molecule has 0 spiro atoms. The summed E-state index contributed by atoms with van der Waals surface area (Å²) >= 11 is 0. The van der Waals surface area contributed by atoms with Crippen LogP contribution in [-0.4, -0.2) is 26.2 Å². The first-order valence-electron chi connectivity index (χ1n) is 6.85. The van der Waals surface area contributed by atoms with Gasteiger partial charge in [-0.25, -0.2) is 0 Å². The van der Waals surface area contributed by atoms with Crippen LogP contribution in [0.4, 0.5) is 18.9 Å². The minimum atomic E-state index is -4.91. The van der Waals surface area contributed by atoms with E-state index in [9.17, 15) is 18.0 Å². The van der Waals surface area contributed by atoms with E-state index >= 15 is 0 Å². The number of benzene rings is 2. The van der Waals surface area contributed by atoms with Crippen molar-refractivity contribution < 1.29 is 22.7 Å². The van der Waals surface area contributed by atoms with E-state index in [0.717, 1.165) is 12.0 Å². The molecule has 0 aromatic heterocycles. The Kier molecular flexibility index (Phi) is 4.75.